The fourth-order valence-electron chi connectivity index (χ4n) is 3.76. The predicted octanol–water partition coefficient (Wildman–Crippen LogP) is 3.28. The van der Waals surface area contributed by atoms with Gasteiger partial charge < -0.3 is 4.90 Å². The van der Waals surface area contributed by atoms with Crippen LogP contribution in [0.2, 0.25) is 0 Å². The van der Waals surface area contributed by atoms with E-state index in [0.717, 1.165) is 11.8 Å². The van der Waals surface area contributed by atoms with Crippen molar-refractivity contribution >= 4 is 12.6 Å². The van der Waals surface area contributed by atoms with E-state index in [4.69, 9.17) is 0 Å². The molecule has 2 fully saturated rings. The lowest BCUT2D eigenvalue weighted by Crippen LogP contribution is -2.43. The number of hydrogen-bond acceptors (Lipinski definition) is 3. The third kappa shape index (κ3) is 3.89. The molecular formula is C16H32N2S. The Balaban J connectivity index is 1.83. The Kier molecular flexibility index (Phi) is 6.04. The van der Waals surface area contributed by atoms with Crippen LogP contribution >= 0.6 is 12.6 Å². The van der Waals surface area contributed by atoms with E-state index in [9.17, 15) is 0 Å². The molecule has 0 spiro atoms. The molecule has 0 saturated carbocycles. The standard InChI is InChI=1S/C16H32N2S/c1-3-16(4-2,14-19)13-17-11-8-15(12-17)18-9-6-5-7-10-18/h15,19H,3-14H2,1-2H3. The van der Waals surface area contributed by atoms with Gasteiger partial charge in [-0.25, -0.2) is 0 Å². The number of nitrogens with zero attached hydrogens (tertiary/aromatic N) is 2. The molecule has 0 N–H and O–H groups in total. The van der Waals surface area contributed by atoms with Gasteiger partial charge in [-0.1, -0.05) is 20.3 Å². The first-order valence-electron chi connectivity index (χ1n) is 8.30. The average molecular weight is 285 g/mol. The van der Waals surface area contributed by atoms with Crippen LogP contribution in [0.1, 0.15) is 52.4 Å². The summed E-state index contributed by atoms with van der Waals surface area (Å²) < 4.78 is 0. The minimum atomic E-state index is 0.444. The Labute approximate surface area is 125 Å². The highest BCUT2D eigenvalue weighted by Crippen LogP contribution is 2.31. The van der Waals surface area contributed by atoms with Crippen molar-refractivity contribution in [2.24, 2.45) is 5.41 Å². The van der Waals surface area contributed by atoms with Gasteiger partial charge in [0.25, 0.3) is 0 Å². The van der Waals surface area contributed by atoms with Gasteiger partial charge in [0.2, 0.25) is 0 Å². The molecule has 2 nitrogen and oxygen atoms in total. The Bertz CT molecular complexity index is 251. The molecule has 2 heterocycles. The van der Waals surface area contributed by atoms with Gasteiger partial charge in [-0.15, -0.1) is 0 Å². The molecule has 3 heteroatoms. The van der Waals surface area contributed by atoms with Crippen LogP contribution in [0.4, 0.5) is 0 Å². The summed E-state index contributed by atoms with van der Waals surface area (Å²) in [6.45, 7) is 11.2. The highest BCUT2D eigenvalue weighted by molar-refractivity contribution is 7.80. The molecule has 1 atom stereocenters. The number of hydrogen-bond donors (Lipinski definition) is 1. The van der Waals surface area contributed by atoms with Crippen molar-refractivity contribution in [1.82, 2.24) is 9.80 Å². The van der Waals surface area contributed by atoms with Gasteiger partial charge in [0.1, 0.15) is 0 Å². The minimum Gasteiger partial charge on any atom is -0.301 e. The Morgan fingerprint density at radius 2 is 1.74 bits per heavy atom. The van der Waals surface area contributed by atoms with Crippen molar-refractivity contribution in [3.63, 3.8) is 0 Å². The van der Waals surface area contributed by atoms with E-state index in [-0.39, 0.29) is 0 Å². The maximum absolute atomic E-state index is 4.62. The first-order valence-corrected chi connectivity index (χ1v) is 8.93. The maximum atomic E-state index is 4.62. The molecule has 1 unspecified atom stereocenters. The zero-order chi connectivity index (χ0) is 13.7. The lowest BCUT2D eigenvalue weighted by Gasteiger charge is -2.36. The van der Waals surface area contributed by atoms with E-state index in [1.807, 2.05) is 0 Å². The molecule has 0 aliphatic carbocycles. The molecule has 0 amide bonds. The number of piperidine rings is 1. The van der Waals surface area contributed by atoms with Crippen LogP contribution in [0.3, 0.4) is 0 Å². The van der Waals surface area contributed by atoms with Crippen molar-refractivity contribution in [2.45, 2.75) is 58.4 Å². The number of likely N-dealkylation sites (tertiary alicyclic amines) is 2. The topological polar surface area (TPSA) is 6.48 Å². The first-order chi connectivity index (χ1) is 9.23. The first kappa shape index (κ1) is 15.7. The molecule has 2 aliphatic rings. The van der Waals surface area contributed by atoms with Crippen LogP contribution in [-0.2, 0) is 0 Å². The summed E-state index contributed by atoms with van der Waals surface area (Å²) in [5.74, 6) is 1.03. The summed E-state index contributed by atoms with van der Waals surface area (Å²) >= 11 is 4.62. The monoisotopic (exact) mass is 284 g/mol. The zero-order valence-corrected chi connectivity index (χ0v) is 13.8. The summed E-state index contributed by atoms with van der Waals surface area (Å²) in [6.07, 6.45) is 8.19. The molecule has 112 valence electrons. The van der Waals surface area contributed by atoms with Crippen molar-refractivity contribution in [1.29, 1.82) is 0 Å². The Hall–Kier alpha value is 0.270. The van der Waals surface area contributed by atoms with Gasteiger partial charge in [0.05, 0.1) is 0 Å². The average Bonchev–Trinajstić information content (AvgIpc) is 2.94. The quantitative estimate of drug-likeness (QED) is 0.748. The third-order valence-corrected chi connectivity index (χ3v) is 6.22. The predicted molar refractivity (Wildman–Crippen MR) is 87.1 cm³/mol. The fourth-order valence-corrected chi connectivity index (χ4v) is 4.31. The molecule has 0 radical (unpaired) electrons. The lowest BCUT2D eigenvalue weighted by molar-refractivity contribution is 0.142. The molecule has 2 saturated heterocycles. The van der Waals surface area contributed by atoms with Gasteiger partial charge >= 0.3 is 0 Å². The summed E-state index contributed by atoms with van der Waals surface area (Å²) in [5, 5.41) is 0. The lowest BCUT2D eigenvalue weighted by atomic mass is 9.84. The van der Waals surface area contributed by atoms with Crippen LogP contribution in [0.15, 0.2) is 0 Å². The van der Waals surface area contributed by atoms with E-state index in [1.165, 1.54) is 71.2 Å². The van der Waals surface area contributed by atoms with Crippen LogP contribution in [0.5, 0.6) is 0 Å². The third-order valence-electron chi connectivity index (χ3n) is 5.55. The van der Waals surface area contributed by atoms with Crippen molar-refractivity contribution in [2.75, 3.05) is 38.5 Å². The molecule has 2 aliphatic heterocycles. The van der Waals surface area contributed by atoms with E-state index in [1.54, 1.807) is 0 Å². The molecular weight excluding hydrogens is 252 g/mol. The normalized spacial score (nSPS) is 27.0. The zero-order valence-electron chi connectivity index (χ0n) is 12.9. The number of rotatable bonds is 6. The second-order valence-corrected chi connectivity index (χ2v) is 6.96. The van der Waals surface area contributed by atoms with Gasteiger partial charge in [0.15, 0.2) is 0 Å². The SMILES string of the molecule is CCC(CC)(CS)CN1CCC(N2CCCCC2)C1. The molecule has 0 aromatic carbocycles. The van der Waals surface area contributed by atoms with Crippen molar-refractivity contribution in [3.8, 4) is 0 Å². The van der Waals surface area contributed by atoms with E-state index < -0.39 is 0 Å². The van der Waals surface area contributed by atoms with Crippen LogP contribution in [0.25, 0.3) is 0 Å². The van der Waals surface area contributed by atoms with E-state index >= 15 is 0 Å². The Morgan fingerprint density at radius 3 is 2.32 bits per heavy atom. The summed E-state index contributed by atoms with van der Waals surface area (Å²) in [7, 11) is 0. The van der Waals surface area contributed by atoms with Crippen LogP contribution in [-0.4, -0.2) is 54.3 Å². The van der Waals surface area contributed by atoms with Gasteiger partial charge in [-0.3, -0.25) is 4.90 Å². The van der Waals surface area contributed by atoms with Crippen LogP contribution in [0, 0.1) is 5.41 Å². The minimum absolute atomic E-state index is 0.444. The largest absolute Gasteiger partial charge is 0.301 e. The molecule has 0 aromatic rings. The summed E-state index contributed by atoms with van der Waals surface area (Å²) in [6, 6.07) is 0.839. The van der Waals surface area contributed by atoms with Crippen molar-refractivity contribution in [3.05, 3.63) is 0 Å². The highest BCUT2D eigenvalue weighted by Gasteiger charge is 2.33. The van der Waals surface area contributed by atoms with Gasteiger partial charge in [-0.2, -0.15) is 12.6 Å². The maximum Gasteiger partial charge on any atom is 0.0235 e. The Morgan fingerprint density at radius 1 is 1.05 bits per heavy atom. The molecule has 2 rings (SSSR count). The molecule has 0 aromatic heterocycles. The van der Waals surface area contributed by atoms with Gasteiger partial charge in [0, 0.05) is 19.1 Å². The second-order valence-electron chi connectivity index (χ2n) is 6.64. The number of thiol groups is 1. The summed E-state index contributed by atoms with van der Waals surface area (Å²) in [4.78, 5) is 5.46. The highest BCUT2D eigenvalue weighted by atomic mass is 32.1. The smallest absolute Gasteiger partial charge is 0.0235 e. The van der Waals surface area contributed by atoms with Crippen LogP contribution < -0.4 is 0 Å². The van der Waals surface area contributed by atoms with E-state index in [0.29, 0.717) is 5.41 Å². The van der Waals surface area contributed by atoms with Gasteiger partial charge in [-0.05, 0) is 62.9 Å². The van der Waals surface area contributed by atoms with Crippen molar-refractivity contribution < 1.29 is 0 Å². The molecule has 0 bridgehead atoms. The second kappa shape index (κ2) is 7.33. The van der Waals surface area contributed by atoms with E-state index in [2.05, 4.69) is 36.3 Å². The summed E-state index contributed by atoms with van der Waals surface area (Å²) in [5.41, 5.74) is 0.444. The molecule has 19 heavy (non-hydrogen) atoms. The fraction of sp³-hybridized carbons (Fsp3) is 1.00.